The molecule has 0 aliphatic rings. The van der Waals surface area contributed by atoms with Crippen LogP contribution in [0.3, 0.4) is 0 Å². The third kappa shape index (κ3) is 7.20. The van der Waals surface area contributed by atoms with E-state index in [0.29, 0.717) is 0 Å². The molecule has 0 radical (unpaired) electrons. The zero-order chi connectivity index (χ0) is 9.61. The van der Waals surface area contributed by atoms with Crippen molar-refractivity contribution < 1.29 is 19.7 Å². The molecule has 0 aromatic heterocycles. The van der Waals surface area contributed by atoms with Gasteiger partial charge in [0, 0.05) is 6.92 Å². The number of carbonyl (C=O) groups excluding carboxylic acids is 1. The molecule has 0 aliphatic heterocycles. The minimum absolute atomic E-state index is 0.119. The van der Waals surface area contributed by atoms with Gasteiger partial charge in [0.2, 0.25) is 5.91 Å². The Morgan fingerprint density at radius 3 is 2.75 bits per heavy atom. The molecule has 0 atom stereocenters. The molecule has 5 heteroatoms. The third-order valence-corrected chi connectivity index (χ3v) is 0.930. The van der Waals surface area contributed by atoms with Gasteiger partial charge in [0.25, 0.3) is 0 Å². The lowest BCUT2D eigenvalue weighted by Crippen LogP contribution is -2.44. The van der Waals surface area contributed by atoms with Gasteiger partial charge in [0.05, 0.1) is 6.54 Å². The zero-order valence-electron chi connectivity index (χ0n) is 6.91. The molecule has 0 heterocycles. The monoisotopic (exact) mass is 175 g/mol. The van der Waals surface area contributed by atoms with Crippen LogP contribution in [0.5, 0.6) is 0 Å². The van der Waals surface area contributed by atoms with Crippen molar-refractivity contribution in [3.05, 3.63) is 12.7 Å². The summed E-state index contributed by atoms with van der Waals surface area (Å²) < 4.78 is 4.54. The summed E-state index contributed by atoms with van der Waals surface area (Å²) in [4.78, 5) is 10.7. The fourth-order valence-corrected chi connectivity index (χ4v) is 0.443. The predicted molar refractivity (Wildman–Crippen MR) is 42.0 cm³/mol. The maximum Gasteiger partial charge on any atom is 0.320 e. The van der Waals surface area contributed by atoms with Gasteiger partial charge in [-0.05, 0) is 0 Å². The van der Waals surface area contributed by atoms with Crippen molar-refractivity contribution in [1.29, 1.82) is 0 Å². The number of ether oxygens (including phenoxy) is 1. The Kier molecular flexibility index (Phi) is 4.50. The van der Waals surface area contributed by atoms with E-state index in [-0.39, 0.29) is 13.2 Å². The van der Waals surface area contributed by atoms with Crippen LogP contribution in [0, 0.1) is 0 Å². The van der Waals surface area contributed by atoms with E-state index in [9.17, 15) is 4.79 Å². The Bertz CT molecular complexity index is 161. The van der Waals surface area contributed by atoms with Crippen LogP contribution in [0.25, 0.3) is 0 Å². The minimum atomic E-state index is -2.05. The van der Waals surface area contributed by atoms with Gasteiger partial charge in [-0.3, -0.25) is 10.1 Å². The summed E-state index contributed by atoms with van der Waals surface area (Å²) in [5, 5.41) is 19.5. The summed E-state index contributed by atoms with van der Waals surface area (Å²) in [7, 11) is 0. The lowest BCUT2D eigenvalue weighted by Gasteiger charge is -2.16. The summed E-state index contributed by atoms with van der Waals surface area (Å²) in [6.07, 6.45) is 1.43. The number of carbonyl (C=O) groups is 1. The topological polar surface area (TPSA) is 78.8 Å². The van der Waals surface area contributed by atoms with E-state index < -0.39 is 11.9 Å². The Hall–Kier alpha value is -0.910. The lowest BCUT2D eigenvalue weighted by molar-refractivity contribution is -0.175. The van der Waals surface area contributed by atoms with Gasteiger partial charge in [-0.1, -0.05) is 12.7 Å². The number of hydrogen-bond donors (Lipinski definition) is 3. The highest BCUT2D eigenvalue weighted by molar-refractivity contribution is 5.71. The quantitative estimate of drug-likeness (QED) is 0.283. The third-order valence-electron chi connectivity index (χ3n) is 0.930. The summed E-state index contributed by atoms with van der Waals surface area (Å²) in [5.41, 5.74) is 0. The molecule has 0 aromatic rings. The maximum absolute atomic E-state index is 10.7. The predicted octanol–water partition coefficient (Wildman–Crippen LogP) is -1.04. The first-order valence-electron chi connectivity index (χ1n) is 3.42. The summed E-state index contributed by atoms with van der Waals surface area (Å²) in [6.45, 7) is 4.32. The first-order valence-corrected chi connectivity index (χ1v) is 3.42. The molecule has 0 fully saturated rings. The molecule has 0 aromatic carbocycles. The smallest absolute Gasteiger partial charge is 0.320 e. The normalized spacial score (nSPS) is 10.9. The highest BCUT2D eigenvalue weighted by atomic mass is 16.5. The highest BCUT2D eigenvalue weighted by Gasteiger charge is 2.15. The molecule has 12 heavy (non-hydrogen) atoms. The standard InChI is InChI=1S/C7H13NO4/c1-3-4-12-6(9)5-8-7(2,10)11/h3,8,10-11H,1,4-5H2,2H3. The van der Waals surface area contributed by atoms with Crippen LogP contribution in [0.2, 0.25) is 0 Å². The number of hydrogen-bond acceptors (Lipinski definition) is 5. The molecule has 0 unspecified atom stereocenters. The summed E-state index contributed by atoms with van der Waals surface area (Å²) in [5.74, 6) is -2.61. The molecular weight excluding hydrogens is 162 g/mol. The number of rotatable bonds is 5. The molecule has 0 rings (SSSR count). The van der Waals surface area contributed by atoms with Crippen molar-refractivity contribution in [1.82, 2.24) is 5.32 Å². The number of aliphatic hydroxyl groups is 2. The SMILES string of the molecule is C=CCOC(=O)CNC(C)(O)O. The summed E-state index contributed by atoms with van der Waals surface area (Å²) >= 11 is 0. The molecule has 70 valence electrons. The van der Waals surface area contributed by atoms with Gasteiger partial charge < -0.3 is 14.9 Å². The van der Waals surface area contributed by atoms with Gasteiger partial charge in [-0.15, -0.1) is 0 Å². The molecular formula is C7H13NO4. The Balaban J connectivity index is 3.51. The molecule has 0 amide bonds. The van der Waals surface area contributed by atoms with E-state index in [1.165, 1.54) is 6.08 Å². The van der Waals surface area contributed by atoms with E-state index >= 15 is 0 Å². The highest BCUT2D eigenvalue weighted by Crippen LogP contribution is 1.88. The Morgan fingerprint density at radius 2 is 2.33 bits per heavy atom. The van der Waals surface area contributed by atoms with Gasteiger partial charge in [-0.2, -0.15) is 0 Å². The lowest BCUT2D eigenvalue weighted by atomic mass is 10.5. The average molecular weight is 175 g/mol. The number of nitrogens with one attached hydrogen (secondary N) is 1. The molecule has 0 aliphatic carbocycles. The van der Waals surface area contributed by atoms with E-state index in [1.807, 2.05) is 0 Å². The molecule has 0 saturated heterocycles. The van der Waals surface area contributed by atoms with Crippen molar-refractivity contribution in [2.75, 3.05) is 13.2 Å². The van der Waals surface area contributed by atoms with Crippen LogP contribution in [0.15, 0.2) is 12.7 Å². The van der Waals surface area contributed by atoms with Crippen LogP contribution in [0.4, 0.5) is 0 Å². The van der Waals surface area contributed by atoms with Crippen molar-refractivity contribution in [3.63, 3.8) is 0 Å². The fourth-order valence-electron chi connectivity index (χ4n) is 0.443. The molecule has 0 saturated carbocycles. The van der Waals surface area contributed by atoms with Gasteiger partial charge in [0.15, 0.2) is 0 Å². The van der Waals surface area contributed by atoms with Crippen LogP contribution in [-0.2, 0) is 9.53 Å². The van der Waals surface area contributed by atoms with Gasteiger partial charge in [-0.25, -0.2) is 0 Å². The second-order valence-corrected chi connectivity index (χ2v) is 2.35. The summed E-state index contributed by atoms with van der Waals surface area (Å²) in [6, 6.07) is 0. The fraction of sp³-hybridized carbons (Fsp3) is 0.571. The Morgan fingerprint density at radius 1 is 1.75 bits per heavy atom. The second-order valence-electron chi connectivity index (χ2n) is 2.35. The number of esters is 1. The van der Waals surface area contributed by atoms with Crippen LogP contribution in [-0.4, -0.2) is 35.2 Å². The van der Waals surface area contributed by atoms with Crippen LogP contribution < -0.4 is 5.32 Å². The zero-order valence-corrected chi connectivity index (χ0v) is 6.91. The van der Waals surface area contributed by atoms with Crippen LogP contribution in [0.1, 0.15) is 6.92 Å². The van der Waals surface area contributed by atoms with Crippen molar-refractivity contribution >= 4 is 5.97 Å². The molecule has 5 nitrogen and oxygen atoms in total. The van der Waals surface area contributed by atoms with Gasteiger partial charge in [0.1, 0.15) is 6.61 Å². The van der Waals surface area contributed by atoms with Crippen molar-refractivity contribution in [2.24, 2.45) is 0 Å². The van der Waals surface area contributed by atoms with E-state index in [0.717, 1.165) is 6.92 Å². The first-order chi connectivity index (χ1) is 5.45. The van der Waals surface area contributed by atoms with Crippen molar-refractivity contribution in [2.45, 2.75) is 12.8 Å². The van der Waals surface area contributed by atoms with E-state index in [4.69, 9.17) is 10.2 Å². The van der Waals surface area contributed by atoms with E-state index in [1.54, 1.807) is 0 Å². The maximum atomic E-state index is 10.7. The minimum Gasteiger partial charge on any atom is -0.461 e. The van der Waals surface area contributed by atoms with E-state index in [2.05, 4.69) is 16.6 Å². The Labute approximate surface area is 70.7 Å². The molecule has 0 spiro atoms. The average Bonchev–Trinajstić information content (AvgIpc) is 1.95. The second kappa shape index (κ2) is 4.87. The van der Waals surface area contributed by atoms with Crippen molar-refractivity contribution in [3.8, 4) is 0 Å². The molecule has 3 N–H and O–H groups in total. The molecule has 0 bridgehead atoms. The largest absolute Gasteiger partial charge is 0.461 e. The van der Waals surface area contributed by atoms with Gasteiger partial charge >= 0.3 is 5.97 Å². The first kappa shape index (κ1) is 11.1. The van der Waals surface area contributed by atoms with Crippen LogP contribution >= 0.6 is 0 Å².